The van der Waals surface area contributed by atoms with Crippen LogP contribution >= 0.6 is 11.6 Å². The lowest BCUT2D eigenvalue weighted by molar-refractivity contribution is -0.116. The molecule has 7 nitrogen and oxygen atoms in total. The molecule has 0 fully saturated rings. The molecule has 5 rings (SSSR count). The molecule has 0 saturated carbocycles. The van der Waals surface area contributed by atoms with Crippen LogP contribution in [0, 0.1) is 0 Å². The van der Waals surface area contributed by atoms with Crippen molar-refractivity contribution in [2.75, 3.05) is 24.6 Å². The third kappa shape index (κ3) is 5.54. The summed E-state index contributed by atoms with van der Waals surface area (Å²) in [5.74, 6) is 0.347. The van der Waals surface area contributed by atoms with E-state index in [-0.39, 0.29) is 24.6 Å². The van der Waals surface area contributed by atoms with Crippen LogP contribution in [0.15, 0.2) is 108 Å². The highest BCUT2D eigenvalue weighted by atomic mass is 35.5. The molecule has 1 N–H and O–H groups in total. The highest BCUT2D eigenvalue weighted by Gasteiger charge is 2.41. The van der Waals surface area contributed by atoms with Crippen molar-refractivity contribution in [3.63, 3.8) is 0 Å². The lowest BCUT2D eigenvalue weighted by Crippen LogP contribution is -2.42. The number of anilines is 1. The van der Waals surface area contributed by atoms with Gasteiger partial charge in [0.05, 0.1) is 25.9 Å². The van der Waals surface area contributed by atoms with Crippen molar-refractivity contribution in [3.05, 3.63) is 130 Å². The van der Waals surface area contributed by atoms with Gasteiger partial charge in [0.1, 0.15) is 6.61 Å². The molecule has 0 saturated heterocycles. The summed E-state index contributed by atoms with van der Waals surface area (Å²) in [4.78, 5) is 13.4. The first-order valence-corrected chi connectivity index (χ1v) is 14.4. The first kappa shape index (κ1) is 27.3. The van der Waals surface area contributed by atoms with Crippen LogP contribution < -0.4 is 19.1 Å². The fourth-order valence-electron chi connectivity index (χ4n) is 4.60. The minimum absolute atomic E-state index is 0.0492. The molecule has 0 radical (unpaired) electrons. The second-order valence-electron chi connectivity index (χ2n) is 8.98. The van der Waals surface area contributed by atoms with Crippen molar-refractivity contribution in [1.29, 1.82) is 0 Å². The fourth-order valence-corrected chi connectivity index (χ4v) is 6.52. The van der Waals surface area contributed by atoms with E-state index < -0.39 is 15.9 Å². The van der Waals surface area contributed by atoms with E-state index in [1.807, 2.05) is 48.5 Å². The van der Waals surface area contributed by atoms with Gasteiger partial charge in [0.2, 0.25) is 0 Å². The lowest BCUT2D eigenvalue weighted by atomic mass is 9.95. The van der Waals surface area contributed by atoms with Gasteiger partial charge in [0.15, 0.2) is 16.4 Å². The normalized spacial score (nSPS) is 13.9. The minimum Gasteiger partial charge on any atom is -0.493 e. The van der Waals surface area contributed by atoms with Gasteiger partial charge in [0.25, 0.3) is 15.9 Å². The number of carbonyl (C=O) groups is 1. The summed E-state index contributed by atoms with van der Waals surface area (Å²) in [6, 6.07) is 30.4. The number of rotatable bonds is 9. The number of methoxy groups -OCH3 is 1. The molecule has 1 aliphatic heterocycles. The van der Waals surface area contributed by atoms with Gasteiger partial charge in [-0.1, -0.05) is 84.4 Å². The summed E-state index contributed by atoms with van der Waals surface area (Å²) in [6.45, 7) is 0.225. The SMILES string of the molecule is COc1ccccc1OCCNC(=O)C1=C(c2ccccc2)c2cc(Cl)ccc2N(Cc2ccccc2)S1(=O)=O. The monoisotopic (exact) mass is 574 g/mol. The van der Waals surface area contributed by atoms with Crippen LogP contribution in [0.4, 0.5) is 5.69 Å². The molecule has 1 aliphatic rings. The lowest BCUT2D eigenvalue weighted by Gasteiger charge is -2.33. The average Bonchev–Trinajstić information content (AvgIpc) is 2.97. The van der Waals surface area contributed by atoms with Crippen molar-refractivity contribution in [2.45, 2.75) is 6.54 Å². The number of benzene rings is 4. The van der Waals surface area contributed by atoms with Crippen molar-refractivity contribution >= 4 is 38.8 Å². The van der Waals surface area contributed by atoms with Gasteiger partial charge < -0.3 is 14.8 Å². The molecule has 4 aromatic rings. The molecule has 1 amide bonds. The largest absolute Gasteiger partial charge is 0.493 e. The van der Waals surface area contributed by atoms with Gasteiger partial charge in [-0.3, -0.25) is 9.10 Å². The third-order valence-electron chi connectivity index (χ3n) is 6.42. The van der Waals surface area contributed by atoms with Crippen LogP contribution in [0.5, 0.6) is 11.5 Å². The molecule has 0 aliphatic carbocycles. The number of nitrogens with zero attached hydrogens (tertiary/aromatic N) is 1. The zero-order chi connectivity index (χ0) is 28.1. The third-order valence-corrected chi connectivity index (χ3v) is 8.47. The Morgan fingerprint density at radius 2 is 1.52 bits per heavy atom. The van der Waals surface area contributed by atoms with E-state index in [9.17, 15) is 13.2 Å². The number of hydrogen-bond donors (Lipinski definition) is 1. The van der Waals surface area contributed by atoms with Crippen LogP contribution in [0.2, 0.25) is 5.02 Å². The Balaban J connectivity index is 1.54. The number of nitrogens with one attached hydrogen (secondary N) is 1. The number of fused-ring (bicyclic) bond motifs is 1. The van der Waals surface area contributed by atoms with E-state index in [1.54, 1.807) is 61.7 Å². The summed E-state index contributed by atoms with van der Waals surface area (Å²) in [7, 11) is -2.75. The number of sulfonamides is 1. The Hall–Kier alpha value is -4.27. The Morgan fingerprint density at radius 3 is 2.23 bits per heavy atom. The van der Waals surface area contributed by atoms with Crippen LogP contribution in [0.25, 0.3) is 5.57 Å². The standard InChI is InChI=1S/C31H27ClN2O5S/c1-38-27-14-8-9-15-28(27)39-19-18-33-31(35)30-29(23-12-6-3-7-13-23)25-20-24(32)16-17-26(25)34(40(30,36)37)21-22-10-4-2-5-11-22/h2-17,20H,18-19,21H2,1H3,(H,33,35). The number of hydrogen-bond acceptors (Lipinski definition) is 5. The van der Waals surface area contributed by atoms with Gasteiger partial charge in [-0.2, -0.15) is 0 Å². The zero-order valence-corrected chi connectivity index (χ0v) is 23.3. The molecular weight excluding hydrogens is 548 g/mol. The van der Waals surface area contributed by atoms with Crippen molar-refractivity contribution in [1.82, 2.24) is 5.32 Å². The summed E-state index contributed by atoms with van der Waals surface area (Å²) < 4.78 is 40.8. The topological polar surface area (TPSA) is 84.9 Å². The van der Waals surface area contributed by atoms with Crippen LogP contribution in [0.1, 0.15) is 16.7 Å². The molecular formula is C31H27ClN2O5S. The van der Waals surface area contributed by atoms with Gasteiger partial charge in [-0.05, 0) is 41.5 Å². The predicted molar refractivity (Wildman–Crippen MR) is 157 cm³/mol. The Kier molecular flexibility index (Phi) is 8.09. The quantitative estimate of drug-likeness (QED) is 0.261. The Bertz CT molecular complexity index is 1660. The molecule has 40 heavy (non-hydrogen) atoms. The van der Waals surface area contributed by atoms with Crippen LogP contribution in [-0.4, -0.2) is 34.6 Å². The highest BCUT2D eigenvalue weighted by Crippen LogP contribution is 2.44. The van der Waals surface area contributed by atoms with Crippen molar-refractivity contribution in [3.8, 4) is 11.5 Å². The Labute approximate surface area is 238 Å². The van der Waals surface area contributed by atoms with Gasteiger partial charge in [-0.15, -0.1) is 0 Å². The number of amides is 1. The van der Waals surface area contributed by atoms with Crippen LogP contribution in [-0.2, 0) is 21.4 Å². The summed E-state index contributed by atoms with van der Waals surface area (Å²) in [5, 5.41) is 3.17. The zero-order valence-electron chi connectivity index (χ0n) is 21.7. The van der Waals surface area contributed by atoms with Gasteiger partial charge in [0, 0.05) is 16.2 Å². The molecule has 0 unspecified atom stereocenters. The van der Waals surface area contributed by atoms with E-state index in [2.05, 4.69) is 5.32 Å². The molecule has 4 aromatic carbocycles. The summed E-state index contributed by atoms with van der Waals surface area (Å²) in [6.07, 6.45) is 0. The fraction of sp³-hybridized carbons (Fsp3) is 0.129. The maximum atomic E-state index is 14.3. The first-order valence-electron chi connectivity index (χ1n) is 12.6. The molecule has 1 heterocycles. The maximum Gasteiger partial charge on any atom is 0.270 e. The van der Waals surface area contributed by atoms with Gasteiger partial charge >= 0.3 is 0 Å². The van der Waals surface area contributed by atoms with E-state index in [0.29, 0.717) is 38.9 Å². The second-order valence-corrected chi connectivity index (χ2v) is 11.2. The van der Waals surface area contributed by atoms with E-state index in [1.165, 1.54) is 4.31 Å². The Morgan fingerprint density at radius 1 is 0.875 bits per heavy atom. The summed E-state index contributed by atoms with van der Waals surface area (Å²) in [5.41, 5.74) is 2.66. The van der Waals surface area contributed by atoms with Gasteiger partial charge in [-0.25, -0.2) is 8.42 Å². The molecule has 204 valence electrons. The maximum absolute atomic E-state index is 14.3. The smallest absolute Gasteiger partial charge is 0.270 e. The number of halogens is 1. The second kappa shape index (κ2) is 11.9. The first-order chi connectivity index (χ1) is 19.4. The van der Waals surface area contributed by atoms with E-state index in [4.69, 9.17) is 21.1 Å². The summed E-state index contributed by atoms with van der Waals surface area (Å²) >= 11 is 6.40. The molecule has 0 aromatic heterocycles. The molecule has 9 heteroatoms. The minimum atomic E-state index is -4.29. The molecule has 0 atom stereocenters. The van der Waals surface area contributed by atoms with Crippen molar-refractivity contribution in [2.24, 2.45) is 0 Å². The number of carbonyl (C=O) groups excluding carboxylic acids is 1. The molecule has 0 bridgehead atoms. The van der Waals surface area contributed by atoms with Crippen LogP contribution in [0.3, 0.4) is 0 Å². The van der Waals surface area contributed by atoms with E-state index in [0.717, 1.165) is 5.56 Å². The molecule has 0 spiro atoms. The highest BCUT2D eigenvalue weighted by molar-refractivity contribution is 7.97. The van der Waals surface area contributed by atoms with Crippen molar-refractivity contribution < 1.29 is 22.7 Å². The average molecular weight is 575 g/mol. The predicted octanol–water partition coefficient (Wildman–Crippen LogP) is 5.65. The number of ether oxygens (including phenoxy) is 2. The van der Waals surface area contributed by atoms with E-state index >= 15 is 0 Å². The number of para-hydroxylation sites is 2.